The number of fused-ring (bicyclic) bond motifs is 1. The molecule has 0 amide bonds. The fourth-order valence-corrected chi connectivity index (χ4v) is 3.88. The molecule has 1 N–H and O–H groups in total. The van der Waals surface area contributed by atoms with Crippen molar-refractivity contribution in [2.24, 2.45) is 5.41 Å². The summed E-state index contributed by atoms with van der Waals surface area (Å²) in [6.07, 6.45) is 7.39. The SMILES string of the molecule is CC(C)NCC1(CC2Cc3cc(F)ccc3O2)CCCC1. The molecule has 0 spiro atoms. The molecule has 1 saturated carbocycles. The first-order chi connectivity index (χ1) is 10.1. The smallest absolute Gasteiger partial charge is 0.123 e. The first-order valence-corrected chi connectivity index (χ1v) is 8.25. The summed E-state index contributed by atoms with van der Waals surface area (Å²) in [7, 11) is 0. The van der Waals surface area contributed by atoms with Gasteiger partial charge in [-0.2, -0.15) is 0 Å². The Labute approximate surface area is 127 Å². The van der Waals surface area contributed by atoms with Crippen molar-refractivity contribution in [2.75, 3.05) is 6.54 Å². The van der Waals surface area contributed by atoms with Gasteiger partial charge in [-0.05, 0) is 42.9 Å². The molecule has 1 unspecified atom stereocenters. The third kappa shape index (κ3) is 3.39. The second-order valence-corrected chi connectivity index (χ2v) is 7.14. The molecular weight excluding hydrogens is 265 g/mol. The Kier molecular flexibility index (Phi) is 4.21. The molecule has 0 aromatic heterocycles. The summed E-state index contributed by atoms with van der Waals surface area (Å²) in [5, 5.41) is 3.62. The monoisotopic (exact) mass is 291 g/mol. The minimum absolute atomic E-state index is 0.157. The number of nitrogens with one attached hydrogen (secondary N) is 1. The minimum atomic E-state index is -0.157. The van der Waals surface area contributed by atoms with E-state index in [0.717, 1.165) is 30.7 Å². The van der Waals surface area contributed by atoms with Crippen LogP contribution in [0.15, 0.2) is 18.2 Å². The van der Waals surface area contributed by atoms with Gasteiger partial charge in [0.25, 0.3) is 0 Å². The highest BCUT2D eigenvalue weighted by Gasteiger charge is 2.38. The van der Waals surface area contributed by atoms with Gasteiger partial charge in [0, 0.05) is 24.6 Å². The first-order valence-electron chi connectivity index (χ1n) is 8.25. The molecule has 1 aliphatic carbocycles. The average molecular weight is 291 g/mol. The maximum atomic E-state index is 13.3. The molecule has 2 aliphatic rings. The lowest BCUT2D eigenvalue weighted by Crippen LogP contribution is -2.39. The molecule has 0 bridgehead atoms. The van der Waals surface area contributed by atoms with Crippen LogP contribution in [0.25, 0.3) is 0 Å². The molecule has 2 nitrogen and oxygen atoms in total. The number of benzene rings is 1. The molecule has 1 aliphatic heterocycles. The average Bonchev–Trinajstić information content (AvgIpc) is 3.03. The number of hydrogen-bond donors (Lipinski definition) is 1. The number of halogens is 1. The molecule has 1 atom stereocenters. The van der Waals surface area contributed by atoms with E-state index in [4.69, 9.17) is 4.74 Å². The van der Waals surface area contributed by atoms with E-state index in [1.165, 1.54) is 31.7 Å². The standard InChI is InChI=1S/C18H26FNO/c1-13(2)20-12-18(7-3-4-8-18)11-16-10-14-9-15(19)5-6-17(14)21-16/h5-6,9,13,16,20H,3-4,7-8,10-12H2,1-2H3. The topological polar surface area (TPSA) is 21.3 Å². The maximum absolute atomic E-state index is 13.3. The van der Waals surface area contributed by atoms with E-state index >= 15 is 0 Å². The van der Waals surface area contributed by atoms with E-state index in [0.29, 0.717) is 11.5 Å². The Morgan fingerprint density at radius 2 is 2.10 bits per heavy atom. The molecular formula is C18H26FNO. The van der Waals surface area contributed by atoms with Crippen LogP contribution in [0.2, 0.25) is 0 Å². The van der Waals surface area contributed by atoms with Gasteiger partial charge in [-0.3, -0.25) is 0 Å². The molecule has 0 radical (unpaired) electrons. The van der Waals surface area contributed by atoms with Crippen LogP contribution in [0.1, 0.15) is 51.5 Å². The van der Waals surface area contributed by atoms with Crippen molar-refractivity contribution in [2.45, 2.75) is 64.5 Å². The number of hydrogen-bond acceptors (Lipinski definition) is 2. The maximum Gasteiger partial charge on any atom is 0.123 e. The summed E-state index contributed by atoms with van der Waals surface area (Å²) in [5.74, 6) is 0.724. The molecule has 1 heterocycles. The fraction of sp³-hybridized carbons (Fsp3) is 0.667. The summed E-state index contributed by atoms with van der Waals surface area (Å²) in [5.41, 5.74) is 1.40. The van der Waals surface area contributed by atoms with E-state index in [1.54, 1.807) is 12.1 Å². The third-order valence-corrected chi connectivity index (χ3v) is 4.97. The molecule has 1 fully saturated rings. The van der Waals surface area contributed by atoms with Gasteiger partial charge in [0.2, 0.25) is 0 Å². The zero-order chi connectivity index (χ0) is 14.9. The van der Waals surface area contributed by atoms with Crippen molar-refractivity contribution in [3.8, 4) is 5.75 Å². The first kappa shape index (κ1) is 14.8. The van der Waals surface area contributed by atoms with Crippen LogP contribution in [0.4, 0.5) is 4.39 Å². The van der Waals surface area contributed by atoms with E-state index in [9.17, 15) is 4.39 Å². The van der Waals surface area contributed by atoms with Gasteiger partial charge < -0.3 is 10.1 Å². The van der Waals surface area contributed by atoms with Crippen LogP contribution in [0.3, 0.4) is 0 Å². The molecule has 1 aromatic carbocycles. The lowest BCUT2D eigenvalue weighted by molar-refractivity contribution is 0.132. The van der Waals surface area contributed by atoms with Crippen LogP contribution in [-0.4, -0.2) is 18.7 Å². The van der Waals surface area contributed by atoms with Gasteiger partial charge in [0.1, 0.15) is 17.7 Å². The Balaban J connectivity index is 1.65. The van der Waals surface area contributed by atoms with Gasteiger partial charge in [-0.15, -0.1) is 0 Å². The molecule has 3 heteroatoms. The summed E-state index contributed by atoms with van der Waals surface area (Å²) < 4.78 is 19.4. The van der Waals surface area contributed by atoms with Crippen molar-refractivity contribution < 1.29 is 9.13 Å². The number of ether oxygens (including phenoxy) is 1. The van der Waals surface area contributed by atoms with Gasteiger partial charge in [-0.1, -0.05) is 26.7 Å². The summed E-state index contributed by atoms with van der Waals surface area (Å²) in [4.78, 5) is 0. The normalized spacial score (nSPS) is 23.3. The van der Waals surface area contributed by atoms with Crippen LogP contribution < -0.4 is 10.1 Å². The lowest BCUT2D eigenvalue weighted by atomic mass is 9.79. The Morgan fingerprint density at radius 1 is 1.33 bits per heavy atom. The lowest BCUT2D eigenvalue weighted by Gasteiger charge is -2.32. The van der Waals surface area contributed by atoms with E-state index < -0.39 is 0 Å². The Hall–Kier alpha value is -1.09. The second-order valence-electron chi connectivity index (χ2n) is 7.14. The molecule has 116 valence electrons. The highest BCUT2D eigenvalue weighted by Crippen LogP contribution is 2.44. The van der Waals surface area contributed by atoms with Gasteiger partial charge in [-0.25, -0.2) is 4.39 Å². The second kappa shape index (κ2) is 5.96. The Bertz CT molecular complexity index is 494. The highest BCUT2D eigenvalue weighted by atomic mass is 19.1. The largest absolute Gasteiger partial charge is 0.490 e. The van der Waals surface area contributed by atoms with Crippen LogP contribution in [-0.2, 0) is 6.42 Å². The quantitative estimate of drug-likeness (QED) is 0.882. The van der Waals surface area contributed by atoms with E-state index in [-0.39, 0.29) is 11.9 Å². The summed E-state index contributed by atoms with van der Waals surface area (Å²) in [6.45, 7) is 5.48. The van der Waals surface area contributed by atoms with Crippen molar-refractivity contribution in [1.29, 1.82) is 0 Å². The summed E-state index contributed by atoms with van der Waals surface area (Å²) in [6, 6.07) is 5.42. The summed E-state index contributed by atoms with van der Waals surface area (Å²) >= 11 is 0. The Morgan fingerprint density at radius 3 is 2.81 bits per heavy atom. The predicted octanol–water partition coefficient (Wildman–Crippen LogP) is 4.08. The van der Waals surface area contributed by atoms with Crippen molar-refractivity contribution in [3.05, 3.63) is 29.6 Å². The highest BCUT2D eigenvalue weighted by molar-refractivity contribution is 5.37. The van der Waals surface area contributed by atoms with Crippen molar-refractivity contribution in [1.82, 2.24) is 5.32 Å². The van der Waals surface area contributed by atoms with Crippen LogP contribution in [0, 0.1) is 11.2 Å². The fourth-order valence-electron chi connectivity index (χ4n) is 3.88. The van der Waals surface area contributed by atoms with Crippen LogP contribution >= 0.6 is 0 Å². The minimum Gasteiger partial charge on any atom is -0.490 e. The van der Waals surface area contributed by atoms with Gasteiger partial charge in [0.05, 0.1) is 0 Å². The third-order valence-electron chi connectivity index (χ3n) is 4.97. The molecule has 1 aromatic rings. The zero-order valence-corrected chi connectivity index (χ0v) is 13.1. The molecule has 0 saturated heterocycles. The molecule has 3 rings (SSSR count). The van der Waals surface area contributed by atoms with E-state index in [2.05, 4.69) is 19.2 Å². The van der Waals surface area contributed by atoms with Gasteiger partial charge in [0.15, 0.2) is 0 Å². The van der Waals surface area contributed by atoms with Crippen molar-refractivity contribution >= 4 is 0 Å². The zero-order valence-electron chi connectivity index (χ0n) is 13.1. The number of rotatable bonds is 5. The molecule has 21 heavy (non-hydrogen) atoms. The van der Waals surface area contributed by atoms with E-state index in [1.807, 2.05) is 0 Å². The van der Waals surface area contributed by atoms with Crippen LogP contribution in [0.5, 0.6) is 5.75 Å². The van der Waals surface area contributed by atoms with Crippen molar-refractivity contribution in [3.63, 3.8) is 0 Å². The van der Waals surface area contributed by atoms with Gasteiger partial charge >= 0.3 is 0 Å². The predicted molar refractivity (Wildman–Crippen MR) is 83.2 cm³/mol.